The Labute approximate surface area is 91.7 Å². The second kappa shape index (κ2) is 4.53. The van der Waals surface area contributed by atoms with Crippen molar-refractivity contribution in [2.24, 2.45) is 0 Å². The van der Waals surface area contributed by atoms with Crippen LogP contribution in [0.4, 0.5) is 0 Å². The van der Waals surface area contributed by atoms with Crippen LogP contribution in [-0.2, 0) is 6.54 Å². The zero-order chi connectivity index (χ0) is 9.97. The van der Waals surface area contributed by atoms with Crippen LogP contribution < -0.4 is 0 Å². The molecule has 1 aromatic rings. The minimum atomic E-state index is -0.200. The maximum atomic E-state index is 9.47. The van der Waals surface area contributed by atoms with Crippen LogP contribution in [0, 0.1) is 0 Å². The van der Waals surface area contributed by atoms with Gasteiger partial charge in [-0.25, -0.2) is 0 Å². The Morgan fingerprint density at radius 3 is 3.14 bits per heavy atom. The Morgan fingerprint density at radius 1 is 1.64 bits per heavy atom. The molecule has 0 saturated carbocycles. The van der Waals surface area contributed by atoms with Crippen molar-refractivity contribution in [1.82, 2.24) is 14.5 Å². The molecule has 0 radical (unpaired) electrons. The number of piperidine rings is 1. The fourth-order valence-corrected chi connectivity index (χ4v) is 2.29. The van der Waals surface area contributed by atoms with Crippen LogP contribution >= 0.6 is 23.1 Å². The number of aromatic nitrogens is 2. The highest BCUT2D eigenvalue weighted by atomic mass is 35.5. The molecule has 2 heterocycles. The van der Waals surface area contributed by atoms with Gasteiger partial charge in [-0.2, -0.15) is 0 Å². The number of likely N-dealkylation sites (tertiary alicyclic amines) is 1. The van der Waals surface area contributed by atoms with E-state index < -0.39 is 0 Å². The van der Waals surface area contributed by atoms with Gasteiger partial charge in [0.1, 0.15) is 10.0 Å². The molecule has 0 bridgehead atoms. The van der Waals surface area contributed by atoms with Gasteiger partial charge in [0, 0.05) is 24.6 Å². The lowest BCUT2D eigenvalue weighted by Gasteiger charge is -2.29. The Kier molecular flexibility index (Phi) is 3.33. The summed E-state index contributed by atoms with van der Waals surface area (Å²) in [6, 6.07) is 0. The molecule has 78 valence electrons. The molecular weight excluding hydrogens is 222 g/mol. The topological polar surface area (TPSA) is 49.2 Å². The molecule has 1 aromatic heterocycles. The van der Waals surface area contributed by atoms with Crippen molar-refractivity contribution in [3.8, 4) is 0 Å². The Balaban J connectivity index is 1.94. The first-order valence-corrected chi connectivity index (χ1v) is 5.78. The van der Waals surface area contributed by atoms with Crippen LogP contribution in [-0.4, -0.2) is 38.8 Å². The molecule has 14 heavy (non-hydrogen) atoms. The Hall–Kier alpha value is -0.230. The monoisotopic (exact) mass is 233 g/mol. The third-order valence-corrected chi connectivity index (χ3v) is 3.35. The second-order valence-corrected chi connectivity index (χ2v) is 4.88. The second-order valence-electron chi connectivity index (χ2n) is 3.52. The van der Waals surface area contributed by atoms with E-state index in [9.17, 15) is 5.11 Å². The maximum absolute atomic E-state index is 9.47. The minimum absolute atomic E-state index is 0.200. The molecule has 1 N–H and O–H groups in total. The van der Waals surface area contributed by atoms with Crippen LogP contribution in [0.15, 0.2) is 0 Å². The summed E-state index contributed by atoms with van der Waals surface area (Å²) in [4.78, 5) is 2.16. The van der Waals surface area contributed by atoms with Gasteiger partial charge >= 0.3 is 0 Å². The molecule has 1 saturated heterocycles. The smallest absolute Gasteiger partial charge is 0.138 e. The zero-order valence-electron chi connectivity index (χ0n) is 7.69. The summed E-state index contributed by atoms with van der Waals surface area (Å²) >= 11 is 7.11. The first kappa shape index (κ1) is 10.3. The normalized spacial score (nSPS) is 24.0. The summed E-state index contributed by atoms with van der Waals surface area (Å²) in [6.07, 6.45) is 1.74. The highest BCUT2D eigenvalue weighted by Gasteiger charge is 2.19. The third kappa shape index (κ3) is 2.42. The average Bonchev–Trinajstić information content (AvgIpc) is 2.52. The number of β-amino-alcohol motifs (C(OH)–C–C–N with tert-alkyl or cyclic N) is 1. The van der Waals surface area contributed by atoms with Crippen LogP contribution in [0.25, 0.3) is 0 Å². The molecule has 1 aliphatic heterocycles. The molecule has 6 heteroatoms. The molecule has 2 rings (SSSR count). The largest absolute Gasteiger partial charge is 0.392 e. The number of hydrogen-bond donors (Lipinski definition) is 1. The summed E-state index contributed by atoms with van der Waals surface area (Å²) in [5.41, 5.74) is 0.825. The molecule has 0 aromatic carbocycles. The summed E-state index contributed by atoms with van der Waals surface area (Å²) in [5, 5.41) is 13.4. The molecule has 1 aliphatic rings. The number of aliphatic hydroxyl groups excluding tert-OH is 1. The predicted molar refractivity (Wildman–Crippen MR) is 55.4 cm³/mol. The summed E-state index contributed by atoms with van der Waals surface area (Å²) in [5.74, 6) is 0. The van der Waals surface area contributed by atoms with Gasteiger partial charge in [0.2, 0.25) is 0 Å². The molecule has 0 spiro atoms. The van der Waals surface area contributed by atoms with Gasteiger partial charge in [-0.3, -0.25) is 4.90 Å². The van der Waals surface area contributed by atoms with Gasteiger partial charge in [-0.05, 0) is 19.4 Å². The van der Waals surface area contributed by atoms with E-state index in [0.29, 0.717) is 17.4 Å². The van der Waals surface area contributed by atoms with Crippen molar-refractivity contribution in [2.45, 2.75) is 25.5 Å². The van der Waals surface area contributed by atoms with Gasteiger partial charge in [0.15, 0.2) is 0 Å². The third-order valence-electron chi connectivity index (χ3n) is 2.36. The molecule has 0 amide bonds. The average molecular weight is 234 g/mol. The molecular formula is C8H12ClN3OS. The van der Waals surface area contributed by atoms with E-state index in [1.54, 1.807) is 0 Å². The lowest BCUT2D eigenvalue weighted by Crippen LogP contribution is -2.37. The van der Waals surface area contributed by atoms with Crippen molar-refractivity contribution in [1.29, 1.82) is 0 Å². The lowest BCUT2D eigenvalue weighted by molar-refractivity contribution is 0.0662. The van der Waals surface area contributed by atoms with Crippen molar-refractivity contribution >= 4 is 23.1 Å². The fraction of sp³-hybridized carbons (Fsp3) is 0.750. The molecule has 1 unspecified atom stereocenters. The quantitative estimate of drug-likeness (QED) is 0.833. The standard InChI is InChI=1S/C8H12ClN3OS/c9-8-7(10-11-14-8)5-12-3-1-2-6(13)4-12/h6,13H,1-5H2. The van der Waals surface area contributed by atoms with Crippen LogP contribution in [0.3, 0.4) is 0 Å². The van der Waals surface area contributed by atoms with E-state index in [-0.39, 0.29) is 6.10 Å². The summed E-state index contributed by atoms with van der Waals surface area (Å²) < 4.78 is 4.43. The van der Waals surface area contributed by atoms with E-state index in [4.69, 9.17) is 11.6 Å². The van der Waals surface area contributed by atoms with Gasteiger partial charge in [0.25, 0.3) is 0 Å². The van der Waals surface area contributed by atoms with E-state index in [1.807, 2.05) is 0 Å². The minimum Gasteiger partial charge on any atom is -0.392 e. The van der Waals surface area contributed by atoms with Gasteiger partial charge < -0.3 is 5.11 Å². The fourth-order valence-electron chi connectivity index (χ4n) is 1.68. The lowest BCUT2D eigenvalue weighted by atomic mass is 10.1. The van der Waals surface area contributed by atoms with E-state index in [0.717, 1.165) is 25.1 Å². The van der Waals surface area contributed by atoms with Gasteiger partial charge in [-0.1, -0.05) is 16.1 Å². The number of hydrogen-bond acceptors (Lipinski definition) is 5. The number of halogens is 1. The zero-order valence-corrected chi connectivity index (χ0v) is 9.26. The van der Waals surface area contributed by atoms with Crippen molar-refractivity contribution < 1.29 is 5.11 Å². The SMILES string of the molecule is OC1CCCN(Cc2nnsc2Cl)C1. The van der Waals surface area contributed by atoms with Crippen LogP contribution in [0.2, 0.25) is 4.34 Å². The first-order chi connectivity index (χ1) is 6.75. The summed E-state index contributed by atoms with van der Waals surface area (Å²) in [6.45, 7) is 2.42. The highest BCUT2D eigenvalue weighted by molar-refractivity contribution is 7.10. The van der Waals surface area contributed by atoms with Crippen molar-refractivity contribution in [2.75, 3.05) is 13.1 Å². The molecule has 0 aliphatic carbocycles. The van der Waals surface area contributed by atoms with Gasteiger partial charge in [0.05, 0.1) is 6.10 Å². The Morgan fingerprint density at radius 2 is 2.50 bits per heavy atom. The van der Waals surface area contributed by atoms with Crippen LogP contribution in [0.5, 0.6) is 0 Å². The molecule has 1 atom stereocenters. The number of rotatable bonds is 2. The number of aliphatic hydroxyl groups is 1. The predicted octanol–water partition coefficient (Wildman–Crippen LogP) is 1.15. The maximum Gasteiger partial charge on any atom is 0.138 e. The summed E-state index contributed by atoms with van der Waals surface area (Å²) in [7, 11) is 0. The first-order valence-electron chi connectivity index (χ1n) is 4.63. The highest BCUT2D eigenvalue weighted by Crippen LogP contribution is 2.20. The van der Waals surface area contributed by atoms with E-state index in [2.05, 4.69) is 14.5 Å². The van der Waals surface area contributed by atoms with Crippen molar-refractivity contribution in [3.05, 3.63) is 10.0 Å². The van der Waals surface area contributed by atoms with E-state index >= 15 is 0 Å². The molecule has 4 nitrogen and oxygen atoms in total. The van der Waals surface area contributed by atoms with Crippen molar-refractivity contribution in [3.63, 3.8) is 0 Å². The molecule has 1 fully saturated rings. The van der Waals surface area contributed by atoms with E-state index in [1.165, 1.54) is 11.5 Å². The van der Waals surface area contributed by atoms with Gasteiger partial charge in [-0.15, -0.1) is 5.10 Å². The number of nitrogens with zero attached hydrogens (tertiary/aromatic N) is 3. The Bertz CT molecular complexity index is 307. The van der Waals surface area contributed by atoms with Crippen LogP contribution in [0.1, 0.15) is 18.5 Å².